The van der Waals surface area contributed by atoms with Gasteiger partial charge in [0.2, 0.25) is 5.91 Å². The van der Waals surface area contributed by atoms with Gasteiger partial charge in [-0.05, 0) is 68.4 Å². The van der Waals surface area contributed by atoms with Crippen molar-refractivity contribution in [3.63, 3.8) is 0 Å². The van der Waals surface area contributed by atoms with Crippen LogP contribution in [0, 0.1) is 11.8 Å². The number of aliphatic hydroxyl groups excluding tert-OH is 1. The molecule has 3 atom stereocenters. The van der Waals surface area contributed by atoms with E-state index in [4.69, 9.17) is 19.9 Å². The van der Waals surface area contributed by atoms with Gasteiger partial charge >= 0.3 is 0 Å². The molecule has 0 spiro atoms. The van der Waals surface area contributed by atoms with Gasteiger partial charge in [-0.3, -0.25) is 9.78 Å². The second-order valence-electron chi connectivity index (χ2n) is 10.4. The molecule has 0 aliphatic heterocycles. The summed E-state index contributed by atoms with van der Waals surface area (Å²) < 4.78 is 16.5. The fourth-order valence-electron chi connectivity index (χ4n) is 4.17. The van der Waals surface area contributed by atoms with Crippen LogP contribution in [0.4, 0.5) is 0 Å². The van der Waals surface area contributed by atoms with Gasteiger partial charge in [-0.2, -0.15) is 0 Å². The quantitative estimate of drug-likeness (QED) is 0.250. The predicted molar refractivity (Wildman–Crippen MR) is 160 cm³/mol. The number of carbonyl (C=O) groups is 1. The molecule has 0 fully saturated rings. The normalized spacial score (nSPS) is 13.5. The van der Waals surface area contributed by atoms with E-state index < -0.39 is 17.6 Å². The molecule has 39 heavy (non-hydrogen) atoms. The SMILES string of the molecule is COCCCOc1cc(CC(CC(N)C(O)CNC(=O)C(C)(C)c2ccccn2)C(C)C)ccc1OC.Cl.Cl. The number of pyridine rings is 1. The van der Waals surface area contributed by atoms with Gasteiger partial charge in [0, 0.05) is 38.9 Å². The third-order valence-electron chi connectivity index (χ3n) is 6.83. The van der Waals surface area contributed by atoms with E-state index in [1.165, 1.54) is 0 Å². The number of hydrogen-bond acceptors (Lipinski definition) is 7. The molecule has 2 rings (SSSR count). The second-order valence-corrected chi connectivity index (χ2v) is 10.4. The molecule has 1 heterocycles. The number of nitrogens with two attached hydrogens (primary N) is 1. The number of nitrogens with zero attached hydrogens (tertiary/aromatic N) is 1. The lowest BCUT2D eigenvalue weighted by Crippen LogP contribution is -2.48. The van der Waals surface area contributed by atoms with Gasteiger partial charge in [-0.25, -0.2) is 0 Å². The molecular weight excluding hydrogens is 541 g/mol. The number of rotatable bonds is 16. The van der Waals surface area contributed by atoms with Gasteiger partial charge in [-0.1, -0.05) is 26.0 Å². The van der Waals surface area contributed by atoms with E-state index in [1.54, 1.807) is 20.4 Å². The molecule has 0 bridgehead atoms. The number of amides is 1. The lowest BCUT2D eigenvalue weighted by molar-refractivity contribution is -0.126. The number of carbonyl (C=O) groups excluding carboxylic acids is 1. The molecule has 4 N–H and O–H groups in total. The number of aliphatic hydroxyl groups is 1. The Morgan fingerprint density at radius 3 is 2.41 bits per heavy atom. The molecule has 0 saturated heterocycles. The summed E-state index contributed by atoms with van der Waals surface area (Å²) in [6.45, 7) is 9.22. The summed E-state index contributed by atoms with van der Waals surface area (Å²) in [7, 11) is 3.30. The maximum Gasteiger partial charge on any atom is 0.231 e. The number of hydrogen-bond donors (Lipinski definition) is 3. The lowest BCUT2D eigenvalue weighted by atomic mass is 9.83. The van der Waals surface area contributed by atoms with Crippen molar-refractivity contribution in [2.45, 2.75) is 64.5 Å². The molecule has 10 heteroatoms. The van der Waals surface area contributed by atoms with E-state index in [0.717, 1.165) is 18.4 Å². The first-order chi connectivity index (χ1) is 17.6. The number of benzene rings is 1. The Bertz CT molecular complexity index is 963. The van der Waals surface area contributed by atoms with Crippen LogP contribution in [0.2, 0.25) is 0 Å². The Morgan fingerprint density at radius 1 is 1.10 bits per heavy atom. The standard InChI is InChI=1S/C29H45N3O5.2ClH/c1-20(2)22(16-21-11-12-25(36-6)26(17-21)37-15-9-14-35-5)18-23(30)24(33)19-32-28(34)29(3,4)27-10-7-8-13-31-27;;/h7-8,10-13,17,20,22-24,33H,9,14-16,18-19,30H2,1-6H3,(H,32,34);2*1H. The molecule has 2 aromatic rings. The van der Waals surface area contributed by atoms with Gasteiger partial charge in [-0.15, -0.1) is 24.8 Å². The average molecular weight is 589 g/mol. The highest BCUT2D eigenvalue weighted by atomic mass is 35.5. The van der Waals surface area contributed by atoms with Crippen LogP contribution in [0.1, 0.15) is 51.8 Å². The summed E-state index contributed by atoms with van der Waals surface area (Å²) in [5, 5.41) is 13.6. The minimum Gasteiger partial charge on any atom is -0.493 e. The van der Waals surface area contributed by atoms with Crippen molar-refractivity contribution in [2.24, 2.45) is 17.6 Å². The molecule has 0 radical (unpaired) electrons. The smallest absolute Gasteiger partial charge is 0.231 e. The van der Waals surface area contributed by atoms with Gasteiger partial charge in [0.1, 0.15) is 0 Å². The van der Waals surface area contributed by atoms with Crippen molar-refractivity contribution in [1.29, 1.82) is 0 Å². The highest BCUT2D eigenvalue weighted by Crippen LogP contribution is 2.31. The van der Waals surface area contributed by atoms with Crippen LogP contribution >= 0.6 is 24.8 Å². The van der Waals surface area contributed by atoms with Crippen LogP contribution in [0.3, 0.4) is 0 Å². The van der Waals surface area contributed by atoms with Crippen LogP contribution in [-0.4, -0.2) is 62.1 Å². The third kappa shape index (κ3) is 11.5. The average Bonchev–Trinajstić information content (AvgIpc) is 2.89. The molecule has 0 aliphatic carbocycles. The number of methoxy groups -OCH3 is 2. The predicted octanol–water partition coefficient (Wildman–Crippen LogP) is 4.34. The molecule has 0 aliphatic rings. The Kier molecular flexibility index (Phi) is 17.3. The maximum atomic E-state index is 12.8. The van der Waals surface area contributed by atoms with Crippen molar-refractivity contribution >= 4 is 30.7 Å². The summed E-state index contributed by atoms with van der Waals surface area (Å²) in [5.41, 5.74) is 7.39. The van der Waals surface area contributed by atoms with Crippen LogP contribution in [0.5, 0.6) is 11.5 Å². The minimum atomic E-state index is -0.861. The van der Waals surface area contributed by atoms with E-state index in [-0.39, 0.29) is 43.2 Å². The Balaban J connectivity index is 0.00000722. The van der Waals surface area contributed by atoms with Gasteiger partial charge in [0.05, 0.1) is 30.9 Å². The summed E-state index contributed by atoms with van der Waals surface area (Å²) >= 11 is 0. The summed E-state index contributed by atoms with van der Waals surface area (Å²) in [5.74, 6) is 1.79. The highest BCUT2D eigenvalue weighted by Gasteiger charge is 2.32. The zero-order valence-corrected chi connectivity index (χ0v) is 25.6. The van der Waals surface area contributed by atoms with Gasteiger partial charge in [0.15, 0.2) is 11.5 Å². The molecule has 1 aromatic carbocycles. The lowest BCUT2D eigenvalue weighted by Gasteiger charge is -2.29. The molecular formula is C29H47Cl2N3O5. The molecule has 8 nitrogen and oxygen atoms in total. The molecule has 222 valence electrons. The van der Waals surface area contributed by atoms with E-state index in [0.29, 0.717) is 42.7 Å². The number of nitrogens with one attached hydrogen (secondary N) is 1. The van der Waals surface area contributed by atoms with Crippen LogP contribution in [-0.2, 0) is 21.4 Å². The topological polar surface area (TPSA) is 116 Å². The zero-order valence-electron chi connectivity index (χ0n) is 24.0. The molecule has 0 saturated carbocycles. The monoisotopic (exact) mass is 587 g/mol. The van der Waals surface area contributed by atoms with E-state index in [9.17, 15) is 9.90 Å². The fourth-order valence-corrected chi connectivity index (χ4v) is 4.17. The van der Waals surface area contributed by atoms with Gasteiger partial charge in [0.25, 0.3) is 0 Å². The molecule has 1 amide bonds. The summed E-state index contributed by atoms with van der Waals surface area (Å²) in [4.78, 5) is 17.1. The minimum absolute atomic E-state index is 0. The van der Waals surface area contributed by atoms with E-state index in [2.05, 4.69) is 24.1 Å². The van der Waals surface area contributed by atoms with Crippen molar-refractivity contribution in [1.82, 2.24) is 10.3 Å². The molecule has 3 unspecified atom stereocenters. The van der Waals surface area contributed by atoms with Crippen molar-refractivity contribution in [2.75, 3.05) is 34.0 Å². The third-order valence-corrected chi connectivity index (χ3v) is 6.83. The van der Waals surface area contributed by atoms with Crippen molar-refractivity contribution in [3.8, 4) is 11.5 Å². The highest BCUT2D eigenvalue weighted by molar-refractivity contribution is 5.86. The summed E-state index contributed by atoms with van der Waals surface area (Å²) in [6, 6.07) is 11.0. The largest absolute Gasteiger partial charge is 0.493 e. The first kappa shape index (κ1) is 36.9. The number of aromatic nitrogens is 1. The van der Waals surface area contributed by atoms with Crippen molar-refractivity contribution in [3.05, 3.63) is 53.9 Å². The molecule has 1 aromatic heterocycles. The maximum absolute atomic E-state index is 12.8. The van der Waals surface area contributed by atoms with Crippen LogP contribution in [0.15, 0.2) is 42.6 Å². The first-order valence-corrected chi connectivity index (χ1v) is 13.0. The first-order valence-electron chi connectivity index (χ1n) is 13.0. The van der Waals surface area contributed by atoms with Gasteiger partial charge < -0.3 is 30.4 Å². The Morgan fingerprint density at radius 2 is 1.82 bits per heavy atom. The van der Waals surface area contributed by atoms with Crippen molar-refractivity contribution < 1.29 is 24.1 Å². The Hall–Kier alpha value is -2.10. The summed E-state index contributed by atoms with van der Waals surface area (Å²) in [6.07, 6.45) is 3.01. The van der Waals surface area contributed by atoms with E-state index in [1.807, 2.05) is 50.2 Å². The van der Waals surface area contributed by atoms with E-state index >= 15 is 0 Å². The van der Waals surface area contributed by atoms with Crippen LogP contribution in [0.25, 0.3) is 0 Å². The fraction of sp³-hybridized carbons (Fsp3) is 0.586. The number of ether oxygens (including phenoxy) is 3. The van der Waals surface area contributed by atoms with Crippen LogP contribution < -0.4 is 20.5 Å². The number of halogens is 2. The zero-order chi connectivity index (χ0) is 27.4. The second kappa shape index (κ2) is 18.3. The Labute approximate surface area is 246 Å².